The molecule has 12 N–H and O–H groups in total. The average Bonchev–Trinajstić information content (AvgIpc) is 2.85. The molecule has 0 aromatic carbocycles. The molecular weight excluding hydrogens is 500 g/mol. The van der Waals surface area contributed by atoms with Crippen LogP contribution in [0.1, 0.15) is 58.8 Å². The van der Waals surface area contributed by atoms with Crippen molar-refractivity contribution in [2.75, 3.05) is 25.1 Å². The molecule has 0 radical (unpaired) electrons. The zero-order valence-corrected chi connectivity index (χ0v) is 23.0. The summed E-state index contributed by atoms with van der Waals surface area (Å²) in [6, 6.07) is -3.89. The monoisotopic (exact) mass is 546 g/mol. The van der Waals surface area contributed by atoms with Crippen molar-refractivity contribution in [1.82, 2.24) is 16.0 Å². The number of nitrogens with one attached hydrogen (secondary N) is 3. The number of carboxylic acid groups (broad SMARTS) is 1. The Morgan fingerprint density at radius 2 is 1.57 bits per heavy atom. The molecular formula is C23H46N8O5S. The number of hydrogen-bond donors (Lipinski definition) is 8. The van der Waals surface area contributed by atoms with E-state index in [1.807, 2.05) is 13.2 Å². The van der Waals surface area contributed by atoms with Crippen LogP contribution in [0.4, 0.5) is 0 Å². The summed E-state index contributed by atoms with van der Waals surface area (Å²) >= 11 is 1.46. The maximum Gasteiger partial charge on any atom is 0.326 e. The van der Waals surface area contributed by atoms with Crippen LogP contribution in [0.25, 0.3) is 0 Å². The Balaban J connectivity index is 5.58. The van der Waals surface area contributed by atoms with Gasteiger partial charge in [0.15, 0.2) is 5.96 Å². The van der Waals surface area contributed by atoms with Gasteiger partial charge in [-0.1, -0.05) is 26.7 Å². The van der Waals surface area contributed by atoms with Crippen molar-refractivity contribution in [3.8, 4) is 0 Å². The summed E-state index contributed by atoms with van der Waals surface area (Å²) in [4.78, 5) is 54.4. The van der Waals surface area contributed by atoms with E-state index >= 15 is 0 Å². The zero-order chi connectivity index (χ0) is 28.4. The van der Waals surface area contributed by atoms with Crippen molar-refractivity contribution in [2.24, 2.45) is 33.8 Å². The Kier molecular flexibility index (Phi) is 18.2. The summed E-state index contributed by atoms with van der Waals surface area (Å²) in [5.41, 5.74) is 22.2. The van der Waals surface area contributed by atoms with Crippen LogP contribution >= 0.6 is 11.8 Å². The van der Waals surface area contributed by atoms with E-state index in [0.717, 1.165) is 6.42 Å². The van der Waals surface area contributed by atoms with Gasteiger partial charge in [0.25, 0.3) is 0 Å². The van der Waals surface area contributed by atoms with Gasteiger partial charge in [0.1, 0.15) is 18.1 Å². The lowest BCUT2D eigenvalue weighted by atomic mass is 9.96. The van der Waals surface area contributed by atoms with Crippen LogP contribution in [0, 0.1) is 5.92 Å². The predicted octanol–water partition coefficient (Wildman–Crippen LogP) is -1.17. The highest BCUT2D eigenvalue weighted by molar-refractivity contribution is 7.98. The van der Waals surface area contributed by atoms with E-state index in [1.165, 1.54) is 11.8 Å². The Bertz CT molecular complexity index is 751. The van der Waals surface area contributed by atoms with E-state index in [4.69, 9.17) is 22.9 Å². The minimum atomic E-state index is -1.17. The van der Waals surface area contributed by atoms with Crippen LogP contribution in [0.3, 0.4) is 0 Å². The fraction of sp³-hybridized carbons (Fsp3) is 0.783. The van der Waals surface area contributed by atoms with E-state index in [9.17, 15) is 24.3 Å². The molecule has 0 aromatic heterocycles. The number of aliphatic imine (C=N–C) groups is 1. The number of hydrogen-bond acceptors (Lipinski definition) is 8. The summed E-state index contributed by atoms with van der Waals surface area (Å²) in [5.74, 6) is -2.65. The van der Waals surface area contributed by atoms with E-state index in [-0.39, 0.29) is 31.3 Å². The van der Waals surface area contributed by atoms with E-state index < -0.39 is 47.9 Å². The van der Waals surface area contributed by atoms with Gasteiger partial charge in [0.2, 0.25) is 17.7 Å². The molecule has 0 rings (SSSR count). The fourth-order valence-electron chi connectivity index (χ4n) is 3.40. The van der Waals surface area contributed by atoms with Crippen molar-refractivity contribution < 1.29 is 24.3 Å². The van der Waals surface area contributed by atoms with Gasteiger partial charge < -0.3 is 44.0 Å². The molecule has 0 fully saturated rings. The molecule has 0 aliphatic rings. The average molecular weight is 547 g/mol. The van der Waals surface area contributed by atoms with Gasteiger partial charge in [-0.15, -0.1) is 0 Å². The summed E-state index contributed by atoms with van der Waals surface area (Å²) in [5, 5.41) is 17.4. The molecule has 37 heavy (non-hydrogen) atoms. The van der Waals surface area contributed by atoms with Crippen molar-refractivity contribution in [1.29, 1.82) is 0 Å². The molecule has 0 saturated carbocycles. The maximum atomic E-state index is 13.3. The van der Waals surface area contributed by atoms with Crippen molar-refractivity contribution in [2.45, 2.75) is 83.0 Å². The quantitative estimate of drug-likeness (QED) is 0.0517. The highest BCUT2D eigenvalue weighted by Gasteiger charge is 2.32. The maximum absolute atomic E-state index is 13.3. The lowest BCUT2D eigenvalue weighted by molar-refractivity contribution is -0.142. The van der Waals surface area contributed by atoms with Gasteiger partial charge >= 0.3 is 5.97 Å². The van der Waals surface area contributed by atoms with Crippen molar-refractivity contribution in [3.05, 3.63) is 0 Å². The Hall–Kier alpha value is -2.58. The summed E-state index contributed by atoms with van der Waals surface area (Å²) < 4.78 is 0. The van der Waals surface area contributed by atoms with Crippen LogP contribution in [0.2, 0.25) is 0 Å². The van der Waals surface area contributed by atoms with Crippen LogP contribution in [-0.4, -0.2) is 84.0 Å². The lowest BCUT2D eigenvalue weighted by Gasteiger charge is -2.28. The van der Waals surface area contributed by atoms with Crippen molar-refractivity contribution >= 4 is 41.4 Å². The normalized spacial score (nSPS) is 14.9. The molecule has 0 saturated heterocycles. The van der Waals surface area contributed by atoms with E-state index in [2.05, 4.69) is 20.9 Å². The molecule has 13 nitrogen and oxygen atoms in total. The fourth-order valence-corrected chi connectivity index (χ4v) is 3.87. The number of thioether (sulfide) groups is 1. The number of amides is 3. The predicted molar refractivity (Wildman–Crippen MR) is 147 cm³/mol. The Labute approximate surface area is 223 Å². The molecule has 0 aromatic rings. The van der Waals surface area contributed by atoms with Gasteiger partial charge in [0.05, 0.1) is 6.04 Å². The topological polar surface area (TPSA) is 241 Å². The molecule has 14 heteroatoms. The van der Waals surface area contributed by atoms with E-state index in [1.54, 1.807) is 6.92 Å². The number of nitrogens with two attached hydrogens (primary N) is 4. The molecule has 0 aliphatic carbocycles. The molecule has 0 heterocycles. The highest BCUT2D eigenvalue weighted by atomic mass is 32.2. The molecule has 5 unspecified atom stereocenters. The number of nitrogens with zero attached hydrogens (tertiary/aromatic N) is 1. The Morgan fingerprint density at radius 1 is 0.919 bits per heavy atom. The van der Waals surface area contributed by atoms with Gasteiger partial charge in [-0.25, -0.2) is 4.79 Å². The Morgan fingerprint density at radius 3 is 2.11 bits per heavy atom. The first kappa shape index (κ1) is 34.4. The number of carbonyl (C=O) groups is 4. The second kappa shape index (κ2) is 19.5. The standard InChI is InChI=1S/C23H46N8O5S/c1-4-14(2)18(31-19(32)15(25)8-5-6-11-24)21(34)29-16(9-7-12-28-23(26)27)20(33)30-17(22(35)36)10-13-37-3/h14-18H,4-13,24-25H2,1-3H3,(H,29,34)(H,30,33)(H,31,32)(H,35,36)(H4,26,27,28). The third kappa shape index (κ3) is 14.7. The number of rotatable bonds is 20. The minimum absolute atomic E-state index is 0.101. The number of carboxylic acids is 1. The van der Waals surface area contributed by atoms with Gasteiger partial charge in [-0.05, 0) is 56.6 Å². The van der Waals surface area contributed by atoms with Crippen LogP contribution < -0.4 is 38.9 Å². The zero-order valence-electron chi connectivity index (χ0n) is 22.2. The van der Waals surface area contributed by atoms with Crippen LogP contribution in [0.15, 0.2) is 4.99 Å². The molecule has 0 spiro atoms. The van der Waals surface area contributed by atoms with E-state index in [0.29, 0.717) is 38.0 Å². The first-order chi connectivity index (χ1) is 17.5. The second-order valence-corrected chi connectivity index (χ2v) is 9.94. The molecule has 0 bridgehead atoms. The number of guanidine groups is 1. The number of aliphatic carboxylic acids is 1. The summed E-state index contributed by atoms with van der Waals surface area (Å²) in [6.07, 6.45) is 5.00. The highest BCUT2D eigenvalue weighted by Crippen LogP contribution is 2.11. The third-order valence-electron chi connectivity index (χ3n) is 5.90. The van der Waals surface area contributed by atoms with Gasteiger partial charge in [0, 0.05) is 6.54 Å². The smallest absolute Gasteiger partial charge is 0.326 e. The van der Waals surface area contributed by atoms with Gasteiger partial charge in [-0.2, -0.15) is 11.8 Å². The molecule has 5 atom stereocenters. The molecule has 0 aliphatic heterocycles. The van der Waals surface area contributed by atoms with Crippen LogP contribution in [0.5, 0.6) is 0 Å². The summed E-state index contributed by atoms with van der Waals surface area (Å²) in [7, 11) is 0. The van der Waals surface area contributed by atoms with Crippen molar-refractivity contribution in [3.63, 3.8) is 0 Å². The molecule has 214 valence electrons. The minimum Gasteiger partial charge on any atom is -0.480 e. The number of unbranched alkanes of at least 4 members (excludes halogenated alkanes) is 1. The third-order valence-corrected chi connectivity index (χ3v) is 6.55. The first-order valence-electron chi connectivity index (χ1n) is 12.6. The second-order valence-electron chi connectivity index (χ2n) is 8.95. The number of carbonyl (C=O) groups excluding carboxylic acids is 3. The largest absolute Gasteiger partial charge is 0.480 e. The summed E-state index contributed by atoms with van der Waals surface area (Å²) in [6.45, 7) is 4.40. The van der Waals surface area contributed by atoms with Gasteiger partial charge in [-0.3, -0.25) is 19.4 Å². The lowest BCUT2D eigenvalue weighted by Crippen LogP contribution is -2.58. The first-order valence-corrected chi connectivity index (χ1v) is 14.0. The SMILES string of the molecule is CCC(C)C(NC(=O)C(N)CCCCN)C(=O)NC(CCCN=C(N)N)C(=O)NC(CCSC)C(=O)O. The van der Waals surface area contributed by atoms with Crippen LogP contribution in [-0.2, 0) is 19.2 Å². The molecule has 3 amide bonds.